The summed E-state index contributed by atoms with van der Waals surface area (Å²) in [4.78, 5) is 13.5. The first-order chi connectivity index (χ1) is 13.6. The molecular formula is C18H19ClN4O2S3. The lowest BCUT2D eigenvalue weighted by Gasteiger charge is -2.10. The second kappa shape index (κ2) is 10.7. The zero-order valence-electron chi connectivity index (χ0n) is 15.1. The van der Waals surface area contributed by atoms with Crippen molar-refractivity contribution in [2.75, 3.05) is 30.0 Å². The molecular weight excluding hydrogens is 436 g/mol. The normalized spacial score (nSPS) is 10.6. The number of methoxy groups -OCH3 is 1. The topological polar surface area (TPSA) is 76.1 Å². The van der Waals surface area contributed by atoms with Crippen LogP contribution in [0.4, 0.5) is 10.8 Å². The lowest BCUT2D eigenvalue weighted by molar-refractivity contribution is -0.115. The molecule has 0 radical (unpaired) electrons. The number of hydrogen-bond donors (Lipinski definition) is 2. The summed E-state index contributed by atoms with van der Waals surface area (Å²) in [6.45, 7) is 0.823. The number of nitrogens with zero attached hydrogens (tertiary/aromatic N) is 2. The van der Waals surface area contributed by atoms with Gasteiger partial charge in [-0.25, -0.2) is 0 Å². The van der Waals surface area contributed by atoms with Crippen molar-refractivity contribution in [1.29, 1.82) is 0 Å². The molecule has 1 aromatic carbocycles. The lowest BCUT2D eigenvalue weighted by atomic mass is 10.3. The van der Waals surface area contributed by atoms with E-state index in [1.807, 2.05) is 0 Å². The van der Waals surface area contributed by atoms with Gasteiger partial charge in [0, 0.05) is 28.6 Å². The molecule has 28 heavy (non-hydrogen) atoms. The molecule has 2 aromatic heterocycles. The van der Waals surface area contributed by atoms with E-state index in [0.29, 0.717) is 28.6 Å². The zero-order valence-corrected chi connectivity index (χ0v) is 18.3. The van der Waals surface area contributed by atoms with E-state index in [4.69, 9.17) is 16.3 Å². The maximum absolute atomic E-state index is 12.2. The number of halogens is 1. The molecule has 0 saturated carbocycles. The van der Waals surface area contributed by atoms with Crippen LogP contribution in [0.25, 0.3) is 0 Å². The Kier molecular flexibility index (Phi) is 7.96. The molecule has 0 unspecified atom stereocenters. The summed E-state index contributed by atoms with van der Waals surface area (Å²) in [7, 11) is 1.55. The van der Waals surface area contributed by atoms with Gasteiger partial charge in [0.05, 0.1) is 12.8 Å². The highest BCUT2D eigenvalue weighted by Crippen LogP contribution is 2.29. The third-order valence-electron chi connectivity index (χ3n) is 3.62. The summed E-state index contributed by atoms with van der Waals surface area (Å²) in [5, 5.41) is 17.8. The maximum Gasteiger partial charge on any atom is 0.225 e. The molecule has 0 aliphatic heterocycles. The second-order valence-electron chi connectivity index (χ2n) is 5.62. The minimum atomic E-state index is -0.105. The quantitative estimate of drug-likeness (QED) is 0.418. The number of rotatable bonds is 10. The Hall–Kier alpha value is -1.81. The fraction of sp³-hybridized carbons (Fsp3) is 0.278. The molecule has 3 rings (SSSR count). The molecule has 2 N–H and O–H groups in total. The van der Waals surface area contributed by atoms with Gasteiger partial charge in [0.1, 0.15) is 5.75 Å². The molecule has 0 atom stereocenters. The van der Waals surface area contributed by atoms with E-state index in [2.05, 4.69) is 38.3 Å². The predicted octanol–water partition coefficient (Wildman–Crippen LogP) is 5.04. The Morgan fingerprint density at radius 3 is 3.00 bits per heavy atom. The molecule has 6 nitrogen and oxygen atoms in total. The van der Waals surface area contributed by atoms with Gasteiger partial charge in [-0.2, -0.15) is 0 Å². The summed E-state index contributed by atoms with van der Waals surface area (Å²) in [5.41, 5.74) is 0.568. The molecule has 0 aliphatic carbocycles. The largest absolute Gasteiger partial charge is 0.495 e. The van der Waals surface area contributed by atoms with E-state index < -0.39 is 0 Å². The van der Waals surface area contributed by atoms with Crippen LogP contribution in [0, 0.1) is 0 Å². The number of ether oxygens (including phenoxy) is 1. The maximum atomic E-state index is 12.2. The number of carbonyl (C=O) groups excluding carboxylic acids is 1. The average molecular weight is 455 g/mol. The number of hydrogen-bond acceptors (Lipinski definition) is 8. The van der Waals surface area contributed by atoms with Gasteiger partial charge < -0.3 is 15.4 Å². The summed E-state index contributed by atoms with van der Waals surface area (Å²) in [6, 6.07) is 9.29. The van der Waals surface area contributed by atoms with Gasteiger partial charge in [0.15, 0.2) is 4.34 Å². The summed E-state index contributed by atoms with van der Waals surface area (Å²) in [5.74, 6) is 1.08. The number of thioether (sulfide) groups is 1. The highest BCUT2D eigenvalue weighted by molar-refractivity contribution is 8.01. The van der Waals surface area contributed by atoms with Crippen LogP contribution in [0.2, 0.25) is 5.02 Å². The number of anilines is 2. The van der Waals surface area contributed by atoms with Crippen molar-refractivity contribution in [3.05, 3.63) is 45.6 Å². The van der Waals surface area contributed by atoms with Crippen molar-refractivity contribution in [1.82, 2.24) is 10.2 Å². The van der Waals surface area contributed by atoms with Crippen molar-refractivity contribution >= 4 is 62.8 Å². The smallest absolute Gasteiger partial charge is 0.225 e. The van der Waals surface area contributed by atoms with Crippen molar-refractivity contribution in [3.63, 3.8) is 0 Å². The van der Waals surface area contributed by atoms with Crippen molar-refractivity contribution < 1.29 is 9.53 Å². The van der Waals surface area contributed by atoms with Gasteiger partial charge in [-0.05, 0) is 36.1 Å². The molecule has 10 heteroatoms. The number of thiophene rings is 1. The molecule has 0 spiro atoms. The first-order valence-corrected chi connectivity index (χ1v) is 11.6. The van der Waals surface area contributed by atoms with Crippen molar-refractivity contribution in [3.8, 4) is 5.75 Å². The fourth-order valence-corrected chi connectivity index (χ4v) is 4.98. The van der Waals surface area contributed by atoms with Crippen LogP contribution >= 0.6 is 46.0 Å². The van der Waals surface area contributed by atoms with Gasteiger partial charge in [0.2, 0.25) is 11.0 Å². The van der Waals surface area contributed by atoms with E-state index in [9.17, 15) is 4.79 Å². The van der Waals surface area contributed by atoms with Crippen LogP contribution < -0.4 is 15.4 Å². The van der Waals surface area contributed by atoms with Crippen LogP contribution in [-0.2, 0) is 11.2 Å². The molecule has 0 aliphatic rings. The highest BCUT2D eigenvalue weighted by atomic mass is 35.5. The van der Waals surface area contributed by atoms with Gasteiger partial charge in [-0.15, -0.1) is 21.5 Å². The SMILES string of the molecule is COc1ccc(Cl)cc1NC(=O)CCSc1nnc(NCCc2cccs2)s1. The van der Waals surface area contributed by atoms with Crippen LogP contribution in [0.15, 0.2) is 40.1 Å². The Morgan fingerprint density at radius 2 is 2.21 bits per heavy atom. The third-order valence-corrected chi connectivity index (χ3v) is 6.81. The summed E-state index contributed by atoms with van der Waals surface area (Å²) < 4.78 is 6.07. The monoisotopic (exact) mass is 454 g/mol. The van der Waals surface area contributed by atoms with E-state index in [1.54, 1.807) is 36.6 Å². The lowest BCUT2D eigenvalue weighted by Crippen LogP contribution is -2.12. The minimum Gasteiger partial charge on any atom is -0.495 e. The summed E-state index contributed by atoms with van der Waals surface area (Å²) >= 11 is 10.7. The van der Waals surface area contributed by atoms with Crippen LogP contribution in [0.5, 0.6) is 5.75 Å². The number of carbonyl (C=O) groups is 1. The van der Waals surface area contributed by atoms with E-state index in [0.717, 1.165) is 22.4 Å². The zero-order chi connectivity index (χ0) is 19.8. The Balaban J connectivity index is 1.39. The van der Waals surface area contributed by atoms with Crippen LogP contribution in [0.3, 0.4) is 0 Å². The van der Waals surface area contributed by atoms with Gasteiger partial charge in [-0.1, -0.05) is 40.8 Å². The molecule has 148 valence electrons. The van der Waals surface area contributed by atoms with Gasteiger partial charge in [0.25, 0.3) is 0 Å². The van der Waals surface area contributed by atoms with E-state index >= 15 is 0 Å². The van der Waals surface area contributed by atoms with Crippen molar-refractivity contribution in [2.24, 2.45) is 0 Å². The second-order valence-corrected chi connectivity index (χ2v) is 9.41. The summed E-state index contributed by atoms with van der Waals surface area (Å²) in [6.07, 6.45) is 1.31. The van der Waals surface area contributed by atoms with Crippen LogP contribution in [-0.4, -0.2) is 35.5 Å². The minimum absolute atomic E-state index is 0.105. The predicted molar refractivity (Wildman–Crippen MR) is 118 cm³/mol. The first kappa shape index (κ1) is 20.9. The number of nitrogens with one attached hydrogen (secondary N) is 2. The molecule has 1 amide bonds. The first-order valence-electron chi connectivity index (χ1n) is 8.50. The fourth-order valence-electron chi connectivity index (χ4n) is 2.31. The van der Waals surface area contributed by atoms with E-state index in [-0.39, 0.29) is 5.91 Å². The van der Waals surface area contributed by atoms with E-state index in [1.165, 1.54) is 28.0 Å². The standard InChI is InChI=1S/C18H19ClN4O2S3/c1-25-15-5-4-12(19)11-14(15)21-16(24)7-10-27-18-23-22-17(28-18)20-8-6-13-3-2-9-26-13/h2-5,9,11H,6-8,10H2,1H3,(H,20,22)(H,21,24). The Bertz CT molecular complexity index is 902. The van der Waals surface area contributed by atoms with Gasteiger partial charge in [-0.3, -0.25) is 4.79 Å². The molecule has 0 saturated heterocycles. The molecule has 0 bridgehead atoms. The van der Waals surface area contributed by atoms with Gasteiger partial charge >= 0.3 is 0 Å². The number of amides is 1. The Morgan fingerprint density at radius 1 is 1.32 bits per heavy atom. The van der Waals surface area contributed by atoms with Crippen molar-refractivity contribution in [2.45, 2.75) is 17.2 Å². The average Bonchev–Trinajstić information content (AvgIpc) is 3.34. The van der Waals surface area contributed by atoms with Crippen LogP contribution in [0.1, 0.15) is 11.3 Å². The Labute approximate surface area is 180 Å². The molecule has 0 fully saturated rings. The number of benzene rings is 1. The number of aromatic nitrogens is 2. The third kappa shape index (κ3) is 6.37. The highest BCUT2D eigenvalue weighted by Gasteiger charge is 2.10. The molecule has 2 heterocycles. The molecule has 3 aromatic rings.